The standard InChI is InChI=1S/C19H23N7O2/c1-12-21-22-18-7-6-17(24-25(12)18)20-14-2-4-15(5-3-14)26-19(27)10-13-11-28-9-8-16(13)23-26/h6-7,10,14-15H,2-5,8-9,11H2,1H3,(H,20,24). The Bertz CT molecular complexity index is 1070. The molecule has 0 aromatic carbocycles. The first-order chi connectivity index (χ1) is 13.7. The van der Waals surface area contributed by atoms with Gasteiger partial charge >= 0.3 is 0 Å². The molecule has 0 atom stereocenters. The first-order valence-electron chi connectivity index (χ1n) is 9.82. The van der Waals surface area contributed by atoms with Crippen LogP contribution >= 0.6 is 0 Å². The highest BCUT2D eigenvalue weighted by atomic mass is 16.5. The third-order valence-corrected chi connectivity index (χ3v) is 5.68. The van der Waals surface area contributed by atoms with Gasteiger partial charge in [-0.1, -0.05) is 0 Å². The number of aryl methyl sites for hydroxylation is 1. The molecule has 0 spiro atoms. The van der Waals surface area contributed by atoms with Gasteiger partial charge in [0.05, 0.1) is 24.9 Å². The highest BCUT2D eigenvalue weighted by Crippen LogP contribution is 2.29. The minimum Gasteiger partial charge on any atom is -0.376 e. The lowest BCUT2D eigenvalue weighted by molar-refractivity contribution is 0.107. The zero-order chi connectivity index (χ0) is 19.1. The Labute approximate surface area is 161 Å². The number of anilines is 1. The summed E-state index contributed by atoms with van der Waals surface area (Å²) >= 11 is 0. The van der Waals surface area contributed by atoms with Crippen molar-refractivity contribution in [1.29, 1.82) is 0 Å². The van der Waals surface area contributed by atoms with E-state index in [2.05, 4.69) is 25.7 Å². The third kappa shape index (κ3) is 3.15. The molecule has 4 heterocycles. The van der Waals surface area contributed by atoms with Gasteiger partial charge in [-0.15, -0.1) is 15.3 Å². The quantitative estimate of drug-likeness (QED) is 0.736. The molecule has 1 fully saturated rings. The zero-order valence-corrected chi connectivity index (χ0v) is 15.8. The Morgan fingerprint density at radius 3 is 2.86 bits per heavy atom. The summed E-state index contributed by atoms with van der Waals surface area (Å²) in [5.74, 6) is 1.59. The number of rotatable bonds is 3. The summed E-state index contributed by atoms with van der Waals surface area (Å²) in [5, 5.41) is 20.8. The molecule has 146 valence electrons. The van der Waals surface area contributed by atoms with Gasteiger partial charge in [0.15, 0.2) is 11.5 Å². The predicted molar refractivity (Wildman–Crippen MR) is 102 cm³/mol. The Morgan fingerprint density at radius 1 is 1.14 bits per heavy atom. The van der Waals surface area contributed by atoms with Crippen molar-refractivity contribution in [2.24, 2.45) is 0 Å². The Balaban J connectivity index is 1.27. The minimum absolute atomic E-state index is 0.0177. The van der Waals surface area contributed by atoms with Crippen LogP contribution in [-0.4, -0.2) is 42.2 Å². The van der Waals surface area contributed by atoms with E-state index in [-0.39, 0.29) is 11.6 Å². The maximum absolute atomic E-state index is 12.5. The van der Waals surface area contributed by atoms with Crippen molar-refractivity contribution in [2.45, 2.75) is 57.7 Å². The Hall–Kier alpha value is -2.81. The van der Waals surface area contributed by atoms with Gasteiger partial charge in [-0.3, -0.25) is 4.79 Å². The molecule has 1 saturated carbocycles. The maximum atomic E-state index is 12.5. The molecule has 0 unspecified atom stereocenters. The van der Waals surface area contributed by atoms with Crippen LogP contribution in [0.1, 0.15) is 48.8 Å². The first-order valence-corrected chi connectivity index (χ1v) is 9.82. The normalized spacial score (nSPS) is 22.2. The zero-order valence-electron chi connectivity index (χ0n) is 15.8. The Kier molecular flexibility index (Phi) is 4.31. The van der Waals surface area contributed by atoms with Gasteiger partial charge in [0.1, 0.15) is 5.82 Å². The molecular weight excluding hydrogens is 358 g/mol. The molecule has 0 amide bonds. The summed E-state index contributed by atoms with van der Waals surface area (Å²) in [7, 11) is 0. The van der Waals surface area contributed by atoms with E-state index in [0.717, 1.165) is 60.7 Å². The fourth-order valence-electron chi connectivity index (χ4n) is 4.14. The van der Waals surface area contributed by atoms with Gasteiger partial charge < -0.3 is 10.1 Å². The van der Waals surface area contributed by atoms with E-state index in [0.29, 0.717) is 19.3 Å². The number of nitrogens with one attached hydrogen (secondary N) is 1. The molecule has 3 aromatic rings. The van der Waals surface area contributed by atoms with Crippen LogP contribution in [0.3, 0.4) is 0 Å². The average molecular weight is 381 g/mol. The molecule has 0 radical (unpaired) electrons. The van der Waals surface area contributed by atoms with E-state index in [1.54, 1.807) is 15.3 Å². The maximum Gasteiger partial charge on any atom is 0.267 e. The largest absolute Gasteiger partial charge is 0.376 e. The fraction of sp³-hybridized carbons (Fsp3) is 0.526. The number of aromatic nitrogens is 6. The number of nitrogens with zero attached hydrogens (tertiary/aromatic N) is 6. The highest BCUT2D eigenvalue weighted by Gasteiger charge is 2.25. The molecule has 1 aliphatic heterocycles. The van der Waals surface area contributed by atoms with Gasteiger partial charge in [-0.25, -0.2) is 4.68 Å². The van der Waals surface area contributed by atoms with E-state index < -0.39 is 0 Å². The summed E-state index contributed by atoms with van der Waals surface area (Å²) in [4.78, 5) is 12.5. The molecule has 9 nitrogen and oxygen atoms in total. The van der Waals surface area contributed by atoms with Crippen molar-refractivity contribution in [2.75, 3.05) is 11.9 Å². The fourth-order valence-corrected chi connectivity index (χ4v) is 4.14. The SMILES string of the molecule is Cc1nnc2ccc(NC3CCC(n4nc5c(cc4=O)COCC5)CC3)nn12. The summed E-state index contributed by atoms with van der Waals surface area (Å²) in [5.41, 5.74) is 2.67. The predicted octanol–water partition coefficient (Wildman–Crippen LogP) is 1.66. The van der Waals surface area contributed by atoms with Crippen molar-refractivity contribution < 1.29 is 4.74 Å². The second-order valence-electron chi connectivity index (χ2n) is 7.59. The second-order valence-corrected chi connectivity index (χ2v) is 7.59. The third-order valence-electron chi connectivity index (χ3n) is 5.68. The van der Waals surface area contributed by atoms with Gasteiger partial charge in [-0.2, -0.15) is 9.61 Å². The van der Waals surface area contributed by atoms with Crippen molar-refractivity contribution in [3.05, 3.63) is 45.6 Å². The van der Waals surface area contributed by atoms with Gasteiger partial charge in [0.25, 0.3) is 5.56 Å². The molecule has 0 saturated heterocycles. The van der Waals surface area contributed by atoms with Gasteiger partial charge in [0, 0.05) is 24.1 Å². The van der Waals surface area contributed by atoms with E-state index >= 15 is 0 Å². The molecule has 28 heavy (non-hydrogen) atoms. The van der Waals surface area contributed by atoms with Crippen molar-refractivity contribution in [3.8, 4) is 0 Å². The van der Waals surface area contributed by atoms with Crippen LogP contribution in [-0.2, 0) is 17.8 Å². The first kappa shape index (κ1) is 17.3. The summed E-state index contributed by atoms with van der Waals surface area (Å²) in [6, 6.07) is 6.05. The second kappa shape index (κ2) is 6.97. The van der Waals surface area contributed by atoms with E-state index in [9.17, 15) is 4.79 Å². The number of fused-ring (bicyclic) bond motifs is 2. The lowest BCUT2D eigenvalue weighted by Crippen LogP contribution is -2.35. The molecule has 1 aliphatic carbocycles. The van der Waals surface area contributed by atoms with E-state index in [4.69, 9.17) is 4.74 Å². The van der Waals surface area contributed by atoms with Crippen LogP contribution in [0.2, 0.25) is 0 Å². The highest BCUT2D eigenvalue weighted by molar-refractivity contribution is 5.44. The van der Waals surface area contributed by atoms with Crippen molar-refractivity contribution in [1.82, 2.24) is 29.6 Å². The van der Waals surface area contributed by atoms with E-state index in [1.807, 2.05) is 19.1 Å². The minimum atomic E-state index is -0.0177. The van der Waals surface area contributed by atoms with Crippen molar-refractivity contribution in [3.63, 3.8) is 0 Å². The van der Waals surface area contributed by atoms with Crippen LogP contribution < -0.4 is 10.9 Å². The lowest BCUT2D eigenvalue weighted by Gasteiger charge is -2.30. The number of ether oxygens (including phenoxy) is 1. The number of hydrogen-bond donors (Lipinski definition) is 1. The van der Waals surface area contributed by atoms with E-state index in [1.165, 1.54) is 0 Å². The topological polar surface area (TPSA) is 99.2 Å². The Morgan fingerprint density at radius 2 is 2.00 bits per heavy atom. The molecular formula is C19H23N7O2. The average Bonchev–Trinajstić information content (AvgIpc) is 3.09. The summed E-state index contributed by atoms with van der Waals surface area (Å²) < 4.78 is 8.87. The molecule has 3 aromatic heterocycles. The molecule has 1 N–H and O–H groups in total. The van der Waals surface area contributed by atoms with Gasteiger partial charge in [0.2, 0.25) is 0 Å². The summed E-state index contributed by atoms with van der Waals surface area (Å²) in [6.45, 7) is 3.06. The molecule has 5 rings (SSSR count). The molecule has 9 heteroatoms. The van der Waals surface area contributed by atoms with Crippen LogP contribution in [0.15, 0.2) is 23.0 Å². The lowest BCUT2D eigenvalue weighted by atomic mass is 9.91. The van der Waals surface area contributed by atoms with Crippen LogP contribution in [0.25, 0.3) is 5.65 Å². The molecule has 2 aliphatic rings. The van der Waals surface area contributed by atoms with Crippen molar-refractivity contribution >= 4 is 11.5 Å². The monoisotopic (exact) mass is 381 g/mol. The van der Waals surface area contributed by atoms with Crippen LogP contribution in [0, 0.1) is 6.92 Å². The van der Waals surface area contributed by atoms with Gasteiger partial charge in [-0.05, 0) is 44.7 Å². The van der Waals surface area contributed by atoms with Crippen LogP contribution in [0.4, 0.5) is 5.82 Å². The molecule has 0 bridgehead atoms. The smallest absolute Gasteiger partial charge is 0.267 e. The van der Waals surface area contributed by atoms with Crippen LogP contribution in [0.5, 0.6) is 0 Å². The number of hydrogen-bond acceptors (Lipinski definition) is 7. The summed E-state index contributed by atoms with van der Waals surface area (Å²) in [6.07, 6.45) is 4.57.